The van der Waals surface area contributed by atoms with Crippen LogP contribution in [0.15, 0.2) is 12.1 Å². The van der Waals surface area contributed by atoms with Crippen molar-refractivity contribution in [1.82, 2.24) is 4.98 Å². The molecule has 1 aromatic carbocycles. The van der Waals surface area contributed by atoms with Gasteiger partial charge in [0.1, 0.15) is 0 Å². The Morgan fingerprint density at radius 3 is 2.65 bits per heavy atom. The molecule has 3 rings (SSSR count). The summed E-state index contributed by atoms with van der Waals surface area (Å²) >= 11 is 1.64. The molecular weight excluding hydrogens is 270 g/mol. The lowest BCUT2D eigenvalue weighted by atomic mass is 9.95. The van der Waals surface area contributed by atoms with Crippen molar-refractivity contribution in [3.63, 3.8) is 0 Å². The number of nitrogens with zero attached hydrogens (tertiary/aromatic N) is 1. The van der Waals surface area contributed by atoms with Crippen molar-refractivity contribution in [3.8, 4) is 0 Å². The number of carboxylic acids is 1. The maximum absolute atomic E-state index is 11.3. The zero-order chi connectivity index (χ0) is 14.3. The van der Waals surface area contributed by atoms with Gasteiger partial charge in [-0.25, -0.2) is 9.78 Å². The van der Waals surface area contributed by atoms with E-state index in [1.807, 2.05) is 6.07 Å². The Bertz CT molecular complexity index is 654. The third-order valence-corrected chi connectivity index (χ3v) is 5.38. The van der Waals surface area contributed by atoms with E-state index in [0.717, 1.165) is 33.6 Å². The highest BCUT2D eigenvalue weighted by Gasteiger charge is 2.23. The topological polar surface area (TPSA) is 50.2 Å². The van der Waals surface area contributed by atoms with Gasteiger partial charge >= 0.3 is 5.97 Å². The number of carboxylic acid groups (broad SMARTS) is 1. The second-order valence-electron chi connectivity index (χ2n) is 5.91. The summed E-state index contributed by atoms with van der Waals surface area (Å²) in [5, 5.41) is 10.4. The number of aromatic nitrogens is 1. The van der Waals surface area contributed by atoms with Crippen molar-refractivity contribution in [2.45, 2.75) is 51.4 Å². The summed E-state index contributed by atoms with van der Waals surface area (Å²) in [7, 11) is 0. The van der Waals surface area contributed by atoms with Gasteiger partial charge in [-0.05, 0) is 36.5 Å². The summed E-state index contributed by atoms with van der Waals surface area (Å²) in [6, 6.07) is 3.63. The summed E-state index contributed by atoms with van der Waals surface area (Å²) in [5.41, 5.74) is 2.59. The van der Waals surface area contributed by atoms with E-state index in [0.29, 0.717) is 17.4 Å². The van der Waals surface area contributed by atoms with Crippen LogP contribution >= 0.6 is 11.3 Å². The van der Waals surface area contributed by atoms with Crippen LogP contribution in [0.3, 0.4) is 0 Å². The predicted octanol–water partition coefficient (Wildman–Crippen LogP) is 4.78. The molecule has 0 atom stereocenters. The fraction of sp³-hybridized carbons (Fsp3) is 0.500. The van der Waals surface area contributed by atoms with Crippen LogP contribution < -0.4 is 0 Å². The smallest absolute Gasteiger partial charge is 0.335 e. The lowest BCUT2D eigenvalue weighted by Crippen LogP contribution is -2.01. The molecule has 3 nitrogen and oxygen atoms in total. The minimum atomic E-state index is -0.842. The van der Waals surface area contributed by atoms with E-state index in [-0.39, 0.29) is 0 Å². The minimum absolute atomic E-state index is 0.386. The van der Waals surface area contributed by atoms with E-state index in [2.05, 4.69) is 13.8 Å². The van der Waals surface area contributed by atoms with Crippen LogP contribution in [0.25, 0.3) is 10.2 Å². The van der Waals surface area contributed by atoms with Crippen LogP contribution in [-0.4, -0.2) is 16.1 Å². The fourth-order valence-corrected chi connectivity index (χ4v) is 4.03. The number of hydrogen-bond donors (Lipinski definition) is 1. The number of carbonyl (C=O) groups is 1. The van der Waals surface area contributed by atoms with Gasteiger partial charge in [-0.1, -0.05) is 26.7 Å². The van der Waals surface area contributed by atoms with Crippen molar-refractivity contribution in [2.24, 2.45) is 0 Å². The molecule has 0 amide bonds. The Balaban J connectivity index is 2.20. The van der Waals surface area contributed by atoms with Crippen molar-refractivity contribution < 1.29 is 9.90 Å². The molecule has 1 aliphatic rings. The molecule has 1 N–H and O–H groups in total. The number of thiazole rings is 1. The highest BCUT2D eigenvalue weighted by Crippen LogP contribution is 2.40. The third-order valence-electron chi connectivity index (χ3n) is 4.08. The Labute approximate surface area is 122 Å². The predicted molar refractivity (Wildman–Crippen MR) is 81.9 cm³/mol. The molecule has 0 radical (unpaired) electrons. The minimum Gasteiger partial charge on any atom is -0.478 e. The van der Waals surface area contributed by atoms with Crippen molar-refractivity contribution in [3.05, 3.63) is 28.3 Å². The molecule has 1 aromatic heterocycles. The van der Waals surface area contributed by atoms with Crippen LogP contribution in [-0.2, 0) is 0 Å². The molecular formula is C16H19NO2S. The highest BCUT2D eigenvalue weighted by molar-refractivity contribution is 7.18. The van der Waals surface area contributed by atoms with Gasteiger partial charge in [0.15, 0.2) is 0 Å². The second kappa shape index (κ2) is 5.17. The molecule has 0 unspecified atom stereocenters. The summed E-state index contributed by atoms with van der Waals surface area (Å²) < 4.78 is 1.02. The molecule has 0 aliphatic heterocycles. The standard InChI is InChI=1S/C16H19NO2S/c1-9(2)15-17-14-12(10-5-3-4-6-10)7-11(16(18)19)8-13(14)20-15/h7-10H,3-6H2,1-2H3,(H,18,19). The summed E-state index contributed by atoms with van der Waals surface area (Å²) in [6.45, 7) is 4.26. The van der Waals surface area contributed by atoms with Crippen LogP contribution in [0.4, 0.5) is 0 Å². The summed E-state index contributed by atoms with van der Waals surface area (Å²) in [6.07, 6.45) is 4.80. The molecule has 1 heterocycles. The molecule has 0 saturated heterocycles. The van der Waals surface area contributed by atoms with Gasteiger partial charge in [-0.2, -0.15) is 0 Å². The second-order valence-corrected chi connectivity index (χ2v) is 6.97. The number of hydrogen-bond acceptors (Lipinski definition) is 3. The van der Waals surface area contributed by atoms with E-state index < -0.39 is 5.97 Å². The highest BCUT2D eigenvalue weighted by atomic mass is 32.1. The van der Waals surface area contributed by atoms with Crippen molar-refractivity contribution in [2.75, 3.05) is 0 Å². The monoisotopic (exact) mass is 289 g/mol. The molecule has 0 bridgehead atoms. The number of benzene rings is 1. The molecule has 20 heavy (non-hydrogen) atoms. The lowest BCUT2D eigenvalue weighted by molar-refractivity contribution is 0.0697. The first-order chi connectivity index (χ1) is 9.56. The van der Waals surface area contributed by atoms with E-state index in [1.165, 1.54) is 12.8 Å². The third kappa shape index (κ3) is 2.33. The van der Waals surface area contributed by atoms with E-state index >= 15 is 0 Å². The van der Waals surface area contributed by atoms with Crippen LogP contribution in [0.5, 0.6) is 0 Å². The van der Waals surface area contributed by atoms with Gasteiger partial charge in [0.25, 0.3) is 0 Å². The number of rotatable bonds is 3. The first-order valence-electron chi connectivity index (χ1n) is 7.24. The Morgan fingerprint density at radius 1 is 1.35 bits per heavy atom. The van der Waals surface area contributed by atoms with Gasteiger partial charge in [0.2, 0.25) is 0 Å². The van der Waals surface area contributed by atoms with Crippen LogP contribution in [0.1, 0.15) is 72.3 Å². The van der Waals surface area contributed by atoms with Crippen LogP contribution in [0, 0.1) is 0 Å². The zero-order valence-electron chi connectivity index (χ0n) is 11.8. The first kappa shape index (κ1) is 13.6. The lowest BCUT2D eigenvalue weighted by Gasteiger charge is -2.11. The van der Waals surface area contributed by atoms with Gasteiger partial charge in [0, 0.05) is 5.92 Å². The molecule has 106 valence electrons. The van der Waals surface area contributed by atoms with Crippen molar-refractivity contribution >= 4 is 27.5 Å². The average Bonchev–Trinajstić information content (AvgIpc) is 3.06. The molecule has 1 aliphatic carbocycles. The molecule has 4 heteroatoms. The number of fused-ring (bicyclic) bond motifs is 1. The number of aromatic carboxylic acids is 1. The van der Waals surface area contributed by atoms with E-state index in [9.17, 15) is 9.90 Å². The zero-order valence-corrected chi connectivity index (χ0v) is 12.7. The SMILES string of the molecule is CC(C)c1nc2c(C3CCCC3)cc(C(=O)O)cc2s1. The van der Waals surface area contributed by atoms with E-state index in [1.54, 1.807) is 17.4 Å². The first-order valence-corrected chi connectivity index (χ1v) is 8.05. The van der Waals surface area contributed by atoms with Crippen LogP contribution in [0.2, 0.25) is 0 Å². The molecule has 1 saturated carbocycles. The largest absolute Gasteiger partial charge is 0.478 e. The molecule has 2 aromatic rings. The van der Waals surface area contributed by atoms with Gasteiger partial charge in [0.05, 0.1) is 20.8 Å². The van der Waals surface area contributed by atoms with Gasteiger partial charge < -0.3 is 5.11 Å². The van der Waals surface area contributed by atoms with E-state index in [4.69, 9.17) is 4.98 Å². The Morgan fingerprint density at radius 2 is 2.05 bits per heavy atom. The maximum Gasteiger partial charge on any atom is 0.335 e. The summed E-state index contributed by atoms with van der Waals surface area (Å²) in [4.78, 5) is 16.1. The maximum atomic E-state index is 11.3. The average molecular weight is 289 g/mol. The normalized spacial score (nSPS) is 16.4. The fourth-order valence-electron chi connectivity index (χ4n) is 2.99. The molecule has 1 fully saturated rings. The van der Waals surface area contributed by atoms with Gasteiger partial charge in [-0.15, -0.1) is 11.3 Å². The van der Waals surface area contributed by atoms with Crippen molar-refractivity contribution in [1.29, 1.82) is 0 Å². The Kier molecular flexibility index (Phi) is 3.50. The quantitative estimate of drug-likeness (QED) is 0.885. The Hall–Kier alpha value is -1.42. The van der Waals surface area contributed by atoms with Gasteiger partial charge in [-0.3, -0.25) is 0 Å². The molecule has 0 spiro atoms. The summed E-state index contributed by atoms with van der Waals surface area (Å²) in [5.74, 6) is 0.0293.